The first kappa shape index (κ1) is 21.6. The Morgan fingerprint density at radius 2 is 1.86 bits per heavy atom. The molecule has 1 aromatic heterocycles. The lowest BCUT2D eigenvalue weighted by Crippen LogP contribution is -2.40. The van der Waals surface area contributed by atoms with Crippen LogP contribution in [-0.2, 0) is 14.6 Å². The molecule has 0 saturated carbocycles. The van der Waals surface area contributed by atoms with E-state index in [-0.39, 0.29) is 34.4 Å². The van der Waals surface area contributed by atoms with E-state index in [1.807, 2.05) is 20.8 Å². The van der Waals surface area contributed by atoms with Crippen LogP contribution in [0.3, 0.4) is 0 Å². The molecule has 0 radical (unpaired) electrons. The van der Waals surface area contributed by atoms with E-state index in [0.717, 1.165) is 6.26 Å². The number of hydrogen-bond donors (Lipinski definition) is 1. The Bertz CT molecular complexity index is 1020. The highest BCUT2D eigenvalue weighted by atomic mass is 32.2. The SMILES string of the molecule is CCOC(=O)c1cc(C)nn1-c1cc(C(=O)NC(C)(C)C)ccc1S(C)(=O)=O. The standard InChI is InChI=1S/C19H25N3O5S/c1-7-27-18(24)15-10-12(2)21-22(15)14-11-13(17(23)20-19(3,4)5)8-9-16(14)28(6,25)26/h8-11H,7H2,1-6H3,(H,20,23). The number of esters is 1. The number of carbonyl (C=O) groups is 2. The number of benzene rings is 1. The Morgan fingerprint density at radius 1 is 1.21 bits per heavy atom. The van der Waals surface area contributed by atoms with Gasteiger partial charge in [0.2, 0.25) is 0 Å². The number of rotatable bonds is 5. The molecule has 1 N–H and O–H groups in total. The summed E-state index contributed by atoms with van der Waals surface area (Å²) in [7, 11) is -3.65. The van der Waals surface area contributed by atoms with Crippen LogP contribution in [0.25, 0.3) is 5.69 Å². The number of sulfone groups is 1. The molecule has 8 nitrogen and oxygen atoms in total. The fourth-order valence-electron chi connectivity index (χ4n) is 2.58. The third kappa shape index (κ3) is 4.98. The molecular formula is C19H25N3O5S. The summed E-state index contributed by atoms with van der Waals surface area (Å²) in [5, 5.41) is 7.08. The highest BCUT2D eigenvalue weighted by Gasteiger charge is 2.24. The molecule has 0 aliphatic rings. The molecule has 0 atom stereocenters. The molecule has 0 fully saturated rings. The van der Waals surface area contributed by atoms with Crippen molar-refractivity contribution in [2.24, 2.45) is 0 Å². The Morgan fingerprint density at radius 3 is 2.39 bits per heavy atom. The molecule has 2 rings (SSSR count). The van der Waals surface area contributed by atoms with Gasteiger partial charge in [-0.2, -0.15) is 5.10 Å². The van der Waals surface area contributed by atoms with Crippen molar-refractivity contribution in [2.75, 3.05) is 12.9 Å². The van der Waals surface area contributed by atoms with Crippen molar-refractivity contribution in [3.05, 3.63) is 41.2 Å². The number of carbonyl (C=O) groups excluding carboxylic acids is 2. The van der Waals surface area contributed by atoms with Crippen LogP contribution < -0.4 is 5.32 Å². The Balaban J connectivity index is 2.70. The van der Waals surface area contributed by atoms with E-state index in [9.17, 15) is 18.0 Å². The van der Waals surface area contributed by atoms with E-state index in [1.54, 1.807) is 13.8 Å². The van der Waals surface area contributed by atoms with Crippen molar-refractivity contribution in [3.63, 3.8) is 0 Å². The van der Waals surface area contributed by atoms with Gasteiger partial charge in [-0.15, -0.1) is 0 Å². The second-order valence-electron chi connectivity index (χ2n) is 7.46. The summed E-state index contributed by atoms with van der Waals surface area (Å²) in [4.78, 5) is 24.8. The van der Waals surface area contributed by atoms with Crippen molar-refractivity contribution in [2.45, 2.75) is 45.1 Å². The molecule has 0 saturated heterocycles. The van der Waals surface area contributed by atoms with E-state index in [1.165, 1.54) is 28.9 Å². The van der Waals surface area contributed by atoms with Gasteiger partial charge >= 0.3 is 5.97 Å². The fourth-order valence-corrected chi connectivity index (χ4v) is 3.42. The summed E-state index contributed by atoms with van der Waals surface area (Å²) in [5.41, 5.74) is 0.482. The van der Waals surface area contributed by atoms with Gasteiger partial charge in [0.15, 0.2) is 15.5 Å². The first-order chi connectivity index (χ1) is 12.8. The van der Waals surface area contributed by atoms with E-state index >= 15 is 0 Å². The molecular weight excluding hydrogens is 382 g/mol. The number of nitrogens with one attached hydrogen (secondary N) is 1. The maximum atomic E-state index is 12.5. The molecule has 2 aromatic rings. The highest BCUT2D eigenvalue weighted by molar-refractivity contribution is 7.90. The van der Waals surface area contributed by atoms with Crippen molar-refractivity contribution in [1.82, 2.24) is 15.1 Å². The molecule has 0 spiro atoms. The summed E-state index contributed by atoms with van der Waals surface area (Å²) in [5.74, 6) is -0.998. The largest absolute Gasteiger partial charge is 0.461 e. The highest BCUT2D eigenvalue weighted by Crippen LogP contribution is 2.24. The zero-order chi connectivity index (χ0) is 21.3. The lowest BCUT2D eigenvalue weighted by molar-refractivity contribution is 0.0515. The van der Waals surface area contributed by atoms with Crippen LogP contribution in [0.2, 0.25) is 0 Å². The Hall–Kier alpha value is -2.68. The van der Waals surface area contributed by atoms with Crippen LogP contribution in [0.1, 0.15) is 54.2 Å². The van der Waals surface area contributed by atoms with Gasteiger partial charge in [0.1, 0.15) is 0 Å². The van der Waals surface area contributed by atoms with Gasteiger partial charge in [-0.05, 0) is 58.9 Å². The predicted molar refractivity (Wildman–Crippen MR) is 105 cm³/mol. The monoisotopic (exact) mass is 407 g/mol. The molecule has 0 aliphatic heterocycles. The van der Waals surface area contributed by atoms with Gasteiger partial charge < -0.3 is 10.1 Å². The second kappa shape index (κ2) is 7.75. The summed E-state index contributed by atoms with van der Waals surface area (Å²) >= 11 is 0. The maximum absolute atomic E-state index is 12.5. The van der Waals surface area contributed by atoms with Gasteiger partial charge in [-0.1, -0.05) is 0 Å². The minimum absolute atomic E-state index is 0.0477. The quantitative estimate of drug-likeness (QED) is 0.762. The van der Waals surface area contributed by atoms with Crippen molar-refractivity contribution >= 4 is 21.7 Å². The first-order valence-corrected chi connectivity index (χ1v) is 10.6. The van der Waals surface area contributed by atoms with Gasteiger partial charge in [0, 0.05) is 17.4 Å². The summed E-state index contributed by atoms with van der Waals surface area (Å²) in [6, 6.07) is 5.69. The first-order valence-electron chi connectivity index (χ1n) is 8.74. The molecule has 9 heteroatoms. The molecule has 1 amide bonds. The van der Waals surface area contributed by atoms with E-state index in [4.69, 9.17) is 4.74 Å². The van der Waals surface area contributed by atoms with Gasteiger partial charge in [-0.3, -0.25) is 4.79 Å². The number of hydrogen-bond acceptors (Lipinski definition) is 6. The third-order valence-corrected chi connectivity index (χ3v) is 4.80. The zero-order valence-electron chi connectivity index (χ0n) is 16.9. The molecule has 0 unspecified atom stereocenters. The molecule has 28 heavy (non-hydrogen) atoms. The maximum Gasteiger partial charge on any atom is 0.357 e. The second-order valence-corrected chi connectivity index (χ2v) is 9.45. The molecule has 1 aromatic carbocycles. The molecule has 1 heterocycles. The smallest absolute Gasteiger partial charge is 0.357 e. The summed E-state index contributed by atoms with van der Waals surface area (Å²) in [6.45, 7) is 9.03. The number of ether oxygens (including phenoxy) is 1. The third-order valence-electron chi connectivity index (χ3n) is 3.65. The number of amides is 1. The van der Waals surface area contributed by atoms with E-state index in [0.29, 0.717) is 5.69 Å². The van der Waals surface area contributed by atoms with Crippen LogP contribution in [0.15, 0.2) is 29.2 Å². The predicted octanol–water partition coefficient (Wildman–Crippen LogP) is 2.29. The normalized spacial score (nSPS) is 11.9. The van der Waals surface area contributed by atoms with Gasteiger partial charge in [-0.25, -0.2) is 17.9 Å². The van der Waals surface area contributed by atoms with Crippen molar-refractivity contribution in [3.8, 4) is 5.69 Å². The average molecular weight is 407 g/mol. The van der Waals surface area contributed by atoms with E-state index in [2.05, 4.69) is 10.4 Å². The minimum Gasteiger partial charge on any atom is -0.461 e. The summed E-state index contributed by atoms with van der Waals surface area (Å²) in [6.07, 6.45) is 1.06. The number of nitrogens with zero attached hydrogens (tertiary/aromatic N) is 2. The van der Waals surface area contributed by atoms with Crippen molar-refractivity contribution in [1.29, 1.82) is 0 Å². The lowest BCUT2D eigenvalue weighted by Gasteiger charge is -2.21. The van der Waals surface area contributed by atoms with Crippen LogP contribution in [-0.4, -0.2) is 48.5 Å². The van der Waals surface area contributed by atoms with Crippen LogP contribution in [0.4, 0.5) is 0 Å². The van der Waals surface area contributed by atoms with Crippen LogP contribution in [0, 0.1) is 6.92 Å². The lowest BCUT2D eigenvalue weighted by atomic mass is 10.1. The number of aryl methyl sites for hydroxylation is 1. The van der Waals surface area contributed by atoms with Gasteiger partial charge in [0.25, 0.3) is 5.91 Å². The van der Waals surface area contributed by atoms with E-state index < -0.39 is 21.3 Å². The molecule has 152 valence electrons. The minimum atomic E-state index is -3.65. The van der Waals surface area contributed by atoms with Gasteiger partial charge in [0.05, 0.1) is 22.9 Å². The van der Waals surface area contributed by atoms with Crippen molar-refractivity contribution < 1.29 is 22.7 Å². The molecule has 0 aliphatic carbocycles. The van der Waals surface area contributed by atoms with Crippen LogP contribution >= 0.6 is 0 Å². The topological polar surface area (TPSA) is 107 Å². The zero-order valence-corrected chi connectivity index (χ0v) is 17.7. The average Bonchev–Trinajstić information content (AvgIpc) is 2.94. The fraction of sp³-hybridized carbons (Fsp3) is 0.421. The Labute approximate surface area is 164 Å². The Kier molecular flexibility index (Phi) is 5.98. The summed E-state index contributed by atoms with van der Waals surface area (Å²) < 4.78 is 30.8. The molecule has 0 bridgehead atoms. The van der Waals surface area contributed by atoms with Crippen LogP contribution in [0.5, 0.6) is 0 Å². The number of aromatic nitrogens is 2.